The van der Waals surface area contributed by atoms with Gasteiger partial charge in [0.05, 0.1) is 17.1 Å². The molecule has 1 saturated heterocycles. The smallest absolute Gasteiger partial charge is 0.328 e. The maximum atomic E-state index is 13.1. The van der Waals surface area contributed by atoms with Crippen molar-refractivity contribution in [2.75, 3.05) is 0 Å². The lowest BCUT2D eigenvalue weighted by molar-refractivity contribution is -0.166. The van der Waals surface area contributed by atoms with E-state index in [4.69, 9.17) is 16.3 Å². The number of ketones is 1. The number of hydrogen-bond donors (Lipinski definition) is 0. The average molecular weight is 430 g/mol. The van der Waals surface area contributed by atoms with Gasteiger partial charge in [-0.1, -0.05) is 23.7 Å². The Bertz CT molecular complexity index is 1000. The van der Waals surface area contributed by atoms with Crippen LogP contribution < -0.4 is 0 Å². The number of esters is 1. The topological polar surface area (TPSA) is 56.3 Å². The number of carbonyl (C=O) groups is 2. The van der Waals surface area contributed by atoms with Crippen LogP contribution in [-0.2, 0) is 19.9 Å². The zero-order valence-electron chi connectivity index (χ0n) is 14.9. The minimum Gasteiger partial charge on any atom is -0.446 e. The number of aryl methyl sites for hydroxylation is 1. The summed E-state index contributed by atoms with van der Waals surface area (Å²) in [7, 11) is 0. The summed E-state index contributed by atoms with van der Waals surface area (Å²) in [6.07, 6.45) is 1.67. The van der Waals surface area contributed by atoms with E-state index in [0.29, 0.717) is 15.6 Å². The number of halogens is 1. The van der Waals surface area contributed by atoms with Crippen LogP contribution in [0.3, 0.4) is 0 Å². The van der Waals surface area contributed by atoms with Gasteiger partial charge in [0, 0.05) is 16.7 Å². The molecule has 1 aromatic carbocycles. The molecule has 0 saturated carbocycles. The molecule has 1 aliphatic rings. The molecule has 0 N–H and O–H groups in total. The summed E-state index contributed by atoms with van der Waals surface area (Å²) in [6.45, 7) is 1.93. The molecule has 3 aromatic rings. The highest BCUT2D eigenvalue weighted by atomic mass is 35.5. The number of ether oxygens (including phenoxy) is 1. The minimum absolute atomic E-state index is 0.0354. The maximum Gasteiger partial charge on any atom is 0.328 e. The summed E-state index contributed by atoms with van der Waals surface area (Å²) in [5, 5.41) is 3.35. The van der Waals surface area contributed by atoms with Gasteiger partial charge >= 0.3 is 5.97 Å². The molecule has 2 aromatic heterocycles. The first-order valence-corrected chi connectivity index (χ1v) is 10.8. The van der Waals surface area contributed by atoms with E-state index in [2.05, 4.69) is 4.98 Å². The molecule has 0 spiro atoms. The van der Waals surface area contributed by atoms with E-state index in [-0.39, 0.29) is 12.2 Å². The van der Waals surface area contributed by atoms with Gasteiger partial charge in [0.2, 0.25) is 0 Å². The van der Waals surface area contributed by atoms with E-state index in [1.165, 1.54) is 11.3 Å². The van der Waals surface area contributed by atoms with Gasteiger partial charge in [-0.2, -0.15) is 11.3 Å². The van der Waals surface area contributed by atoms with Crippen LogP contribution in [0.5, 0.6) is 0 Å². The van der Waals surface area contributed by atoms with E-state index in [9.17, 15) is 9.59 Å². The lowest BCUT2D eigenvalue weighted by atomic mass is 9.84. The van der Waals surface area contributed by atoms with Crippen LogP contribution in [0.25, 0.3) is 0 Å². The Hall–Kier alpha value is -2.15. The standard InChI is InChI=1S/C21H16ClNO3S2/c1-13-5-6-17(15(22)10-13)28-19-16(24)11-21(26-20(19)25,14-7-9-27-12-14)18-4-2-3-8-23-18/h2-10,12,19H,11H2,1H3. The second-order valence-corrected chi connectivity index (χ2v) is 8.88. The molecule has 0 bridgehead atoms. The van der Waals surface area contributed by atoms with Crippen molar-refractivity contribution < 1.29 is 14.3 Å². The molecule has 142 valence electrons. The number of Topliss-reactive ketones (excluding diaryl/α,β-unsaturated/α-hetero) is 1. The van der Waals surface area contributed by atoms with E-state index >= 15 is 0 Å². The zero-order valence-corrected chi connectivity index (χ0v) is 17.3. The molecule has 2 unspecified atom stereocenters. The normalized spacial score (nSPS) is 22.1. The minimum atomic E-state index is -1.19. The fraction of sp³-hybridized carbons (Fsp3) is 0.190. The van der Waals surface area contributed by atoms with Gasteiger partial charge in [0.15, 0.2) is 16.6 Å². The van der Waals surface area contributed by atoms with Gasteiger partial charge in [-0.25, -0.2) is 0 Å². The Morgan fingerprint density at radius 2 is 2.11 bits per heavy atom. The summed E-state index contributed by atoms with van der Waals surface area (Å²) < 4.78 is 5.94. The highest BCUT2D eigenvalue weighted by Gasteiger charge is 2.50. The van der Waals surface area contributed by atoms with Crippen molar-refractivity contribution in [1.82, 2.24) is 4.98 Å². The Kier molecular flexibility index (Phi) is 5.27. The lowest BCUT2D eigenvalue weighted by Gasteiger charge is -2.37. The Labute approximate surface area is 175 Å². The summed E-state index contributed by atoms with van der Waals surface area (Å²) in [5.41, 5.74) is 1.13. The highest BCUT2D eigenvalue weighted by Crippen LogP contribution is 2.44. The second-order valence-electron chi connectivity index (χ2n) is 6.55. The lowest BCUT2D eigenvalue weighted by Crippen LogP contribution is -2.48. The molecule has 4 rings (SSSR count). The number of rotatable bonds is 4. The van der Waals surface area contributed by atoms with E-state index < -0.39 is 16.8 Å². The molecule has 0 amide bonds. The van der Waals surface area contributed by atoms with Gasteiger partial charge in [0.1, 0.15) is 0 Å². The van der Waals surface area contributed by atoms with Crippen LogP contribution in [0.15, 0.2) is 64.3 Å². The predicted octanol–water partition coefficient (Wildman–Crippen LogP) is 5.03. The first-order valence-electron chi connectivity index (χ1n) is 8.62. The number of thioether (sulfide) groups is 1. The number of thiophene rings is 1. The molecule has 0 radical (unpaired) electrons. The third-order valence-corrected chi connectivity index (χ3v) is 7.01. The van der Waals surface area contributed by atoms with E-state index in [1.54, 1.807) is 18.3 Å². The Morgan fingerprint density at radius 1 is 1.25 bits per heavy atom. The number of benzene rings is 1. The van der Waals surface area contributed by atoms with Gasteiger partial charge < -0.3 is 4.74 Å². The SMILES string of the molecule is Cc1ccc(SC2C(=O)CC(c3ccsc3)(c3ccccn3)OC2=O)c(Cl)c1. The van der Waals surface area contributed by atoms with Gasteiger partial charge in [0.25, 0.3) is 0 Å². The highest BCUT2D eigenvalue weighted by molar-refractivity contribution is 8.01. The third kappa shape index (κ3) is 3.48. The molecule has 1 aliphatic heterocycles. The predicted molar refractivity (Wildman–Crippen MR) is 111 cm³/mol. The number of cyclic esters (lactones) is 1. The number of nitrogens with zero attached hydrogens (tertiary/aromatic N) is 1. The fourth-order valence-corrected chi connectivity index (χ4v) is 5.24. The third-order valence-electron chi connectivity index (χ3n) is 4.60. The van der Waals surface area contributed by atoms with Crippen LogP contribution in [0.2, 0.25) is 5.02 Å². The van der Waals surface area contributed by atoms with Crippen molar-refractivity contribution in [3.8, 4) is 0 Å². The second kappa shape index (κ2) is 7.70. The summed E-state index contributed by atoms with van der Waals surface area (Å²) >= 11 is 8.90. The Morgan fingerprint density at radius 3 is 2.75 bits per heavy atom. The van der Waals surface area contributed by atoms with Crippen molar-refractivity contribution in [2.45, 2.75) is 29.1 Å². The van der Waals surface area contributed by atoms with E-state index in [1.807, 2.05) is 48.0 Å². The van der Waals surface area contributed by atoms with Gasteiger partial charge in [-0.3, -0.25) is 14.6 Å². The summed E-state index contributed by atoms with van der Waals surface area (Å²) in [5.74, 6) is -0.774. The number of carbonyl (C=O) groups excluding carboxylic acids is 2. The van der Waals surface area contributed by atoms with Gasteiger partial charge in [-0.05, 0) is 53.6 Å². The van der Waals surface area contributed by atoms with Crippen LogP contribution in [-0.4, -0.2) is 22.0 Å². The molecule has 3 heterocycles. The van der Waals surface area contributed by atoms with Gasteiger partial charge in [-0.15, -0.1) is 11.8 Å². The Balaban J connectivity index is 1.68. The largest absolute Gasteiger partial charge is 0.446 e. The molecule has 2 atom stereocenters. The average Bonchev–Trinajstić information content (AvgIpc) is 3.22. The number of pyridine rings is 1. The molecular formula is C21H16ClNO3S2. The van der Waals surface area contributed by atoms with Crippen LogP contribution in [0, 0.1) is 6.92 Å². The van der Waals surface area contributed by atoms with Crippen LogP contribution >= 0.6 is 34.7 Å². The summed E-state index contributed by atoms with van der Waals surface area (Å²) in [4.78, 5) is 31.1. The molecule has 0 aliphatic carbocycles. The van der Waals surface area contributed by atoms with Crippen LogP contribution in [0.4, 0.5) is 0 Å². The first-order chi connectivity index (χ1) is 13.5. The molecule has 28 heavy (non-hydrogen) atoms. The quantitative estimate of drug-likeness (QED) is 0.430. The number of hydrogen-bond acceptors (Lipinski definition) is 6. The molecule has 4 nitrogen and oxygen atoms in total. The maximum absolute atomic E-state index is 13.1. The zero-order chi connectivity index (χ0) is 19.7. The summed E-state index contributed by atoms with van der Waals surface area (Å²) in [6, 6.07) is 12.8. The molecule has 1 fully saturated rings. The molecule has 7 heteroatoms. The fourth-order valence-electron chi connectivity index (χ4n) is 3.22. The van der Waals surface area contributed by atoms with Crippen molar-refractivity contribution >= 4 is 46.5 Å². The van der Waals surface area contributed by atoms with E-state index in [0.717, 1.165) is 22.9 Å². The van der Waals surface area contributed by atoms with Crippen molar-refractivity contribution in [2.24, 2.45) is 0 Å². The monoisotopic (exact) mass is 429 g/mol. The first kappa shape index (κ1) is 19.2. The van der Waals surface area contributed by atoms with Crippen LogP contribution in [0.1, 0.15) is 23.2 Å². The molecular weight excluding hydrogens is 414 g/mol. The number of aromatic nitrogens is 1. The van der Waals surface area contributed by atoms with Crippen molar-refractivity contribution in [3.05, 3.63) is 81.3 Å². The van der Waals surface area contributed by atoms with Crippen molar-refractivity contribution in [1.29, 1.82) is 0 Å². The van der Waals surface area contributed by atoms with Crippen molar-refractivity contribution in [3.63, 3.8) is 0 Å².